The monoisotopic (exact) mass is 289 g/mol. The van der Waals surface area contributed by atoms with E-state index in [0.717, 1.165) is 25.5 Å². The Morgan fingerprint density at radius 3 is 2.80 bits per heavy atom. The fraction of sp³-hybridized carbons (Fsp3) is 0.438. The van der Waals surface area contributed by atoms with Crippen LogP contribution in [0.25, 0.3) is 0 Å². The molecule has 2 aromatic heterocycles. The van der Waals surface area contributed by atoms with E-state index < -0.39 is 0 Å². The maximum atomic E-state index is 4.62. The van der Waals surface area contributed by atoms with Gasteiger partial charge in [-0.15, -0.1) is 11.3 Å². The van der Waals surface area contributed by atoms with Gasteiger partial charge < -0.3 is 10.2 Å². The minimum Gasteiger partial charge on any atom is -0.349 e. The molecule has 0 saturated heterocycles. The molecule has 0 fully saturated rings. The van der Waals surface area contributed by atoms with Gasteiger partial charge in [0.05, 0.1) is 6.54 Å². The van der Waals surface area contributed by atoms with E-state index in [9.17, 15) is 0 Å². The van der Waals surface area contributed by atoms with Gasteiger partial charge >= 0.3 is 0 Å². The smallest absolute Gasteiger partial charge is 0.133 e. The van der Waals surface area contributed by atoms with Crippen molar-refractivity contribution in [1.29, 1.82) is 0 Å². The summed E-state index contributed by atoms with van der Waals surface area (Å²) in [4.78, 5) is 8.37. The predicted molar refractivity (Wildman–Crippen MR) is 87.3 cm³/mol. The average Bonchev–Trinajstić information content (AvgIpc) is 2.96. The van der Waals surface area contributed by atoms with Crippen LogP contribution >= 0.6 is 11.3 Å². The van der Waals surface area contributed by atoms with Crippen molar-refractivity contribution in [3.8, 4) is 0 Å². The van der Waals surface area contributed by atoms with Crippen molar-refractivity contribution in [3.63, 3.8) is 0 Å². The zero-order valence-corrected chi connectivity index (χ0v) is 13.3. The summed E-state index contributed by atoms with van der Waals surface area (Å²) >= 11 is 1.80. The van der Waals surface area contributed by atoms with Crippen molar-refractivity contribution in [2.45, 2.75) is 39.9 Å². The van der Waals surface area contributed by atoms with Crippen LogP contribution in [0, 0.1) is 0 Å². The zero-order chi connectivity index (χ0) is 14.4. The summed E-state index contributed by atoms with van der Waals surface area (Å²) in [5.41, 5.74) is 1.26. The standard InChI is InChI=1S/C16H23N3S/c1-4-17-11-14-7-5-9-18-16(14)19(13(2)3)12-15-8-6-10-20-15/h5-10,13,17H,4,11-12H2,1-3H3. The fourth-order valence-electron chi connectivity index (χ4n) is 2.16. The summed E-state index contributed by atoms with van der Waals surface area (Å²) in [5.74, 6) is 1.09. The van der Waals surface area contributed by atoms with E-state index in [4.69, 9.17) is 0 Å². The molecule has 0 amide bonds. The lowest BCUT2D eigenvalue weighted by atomic mass is 10.2. The van der Waals surface area contributed by atoms with E-state index in [1.165, 1.54) is 10.4 Å². The SMILES string of the molecule is CCNCc1cccnc1N(Cc1cccs1)C(C)C. The molecule has 3 nitrogen and oxygen atoms in total. The highest BCUT2D eigenvalue weighted by molar-refractivity contribution is 7.09. The highest BCUT2D eigenvalue weighted by atomic mass is 32.1. The summed E-state index contributed by atoms with van der Waals surface area (Å²) in [6.45, 7) is 9.33. The summed E-state index contributed by atoms with van der Waals surface area (Å²) in [6, 6.07) is 8.89. The second-order valence-electron chi connectivity index (χ2n) is 5.07. The molecule has 2 heterocycles. The molecule has 108 valence electrons. The molecule has 0 aliphatic rings. The molecule has 0 aliphatic heterocycles. The fourth-order valence-corrected chi connectivity index (χ4v) is 2.86. The second-order valence-corrected chi connectivity index (χ2v) is 6.10. The Labute approximate surface area is 125 Å². The first kappa shape index (κ1) is 15.0. The lowest BCUT2D eigenvalue weighted by Crippen LogP contribution is -2.32. The van der Waals surface area contributed by atoms with Gasteiger partial charge in [0.15, 0.2) is 0 Å². The molecule has 0 radical (unpaired) electrons. The van der Waals surface area contributed by atoms with E-state index in [-0.39, 0.29) is 0 Å². The maximum absolute atomic E-state index is 4.62. The summed E-state index contributed by atoms with van der Waals surface area (Å²) in [6.07, 6.45) is 1.88. The van der Waals surface area contributed by atoms with Crippen LogP contribution in [0.5, 0.6) is 0 Å². The highest BCUT2D eigenvalue weighted by Crippen LogP contribution is 2.23. The number of nitrogens with one attached hydrogen (secondary N) is 1. The largest absolute Gasteiger partial charge is 0.349 e. The number of pyridine rings is 1. The molecule has 4 heteroatoms. The van der Waals surface area contributed by atoms with Gasteiger partial charge in [-0.1, -0.05) is 19.1 Å². The molecule has 0 spiro atoms. The zero-order valence-electron chi connectivity index (χ0n) is 12.5. The van der Waals surface area contributed by atoms with Gasteiger partial charge in [-0.3, -0.25) is 0 Å². The minimum absolute atomic E-state index is 0.423. The van der Waals surface area contributed by atoms with Crippen molar-refractivity contribution >= 4 is 17.2 Å². The molecule has 0 aromatic carbocycles. The van der Waals surface area contributed by atoms with Gasteiger partial charge in [0.25, 0.3) is 0 Å². The van der Waals surface area contributed by atoms with Gasteiger partial charge in [0.2, 0.25) is 0 Å². The van der Waals surface area contributed by atoms with Crippen molar-refractivity contribution < 1.29 is 0 Å². The normalized spacial score (nSPS) is 11.0. The summed E-state index contributed by atoms with van der Waals surface area (Å²) in [5, 5.41) is 5.52. The van der Waals surface area contributed by atoms with E-state index in [2.05, 4.69) is 59.6 Å². The molecular formula is C16H23N3S. The third-order valence-electron chi connectivity index (χ3n) is 3.23. The van der Waals surface area contributed by atoms with E-state index in [1.807, 2.05) is 12.3 Å². The Kier molecular flexibility index (Phi) is 5.56. The first-order valence-electron chi connectivity index (χ1n) is 7.16. The van der Waals surface area contributed by atoms with E-state index >= 15 is 0 Å². The maximum Gasteiger partial charge on any atom is 0.133 e. The Morgan fingerprint density at radius 2 is 2.15 bits per heavy atom. The van der Waals surface area contributed by atoms with E-state index in [1.54, 1.807) is 11.3 Å². The number of hydrogen-bond donors (Lipinski definition) is 1. The number of thiophene rings is 1. The molecule has 2 rings (SSSR count). The first-order valence-corrected chi connectivity index (χ1v) is 8.04. The predicted octanol–water partition coefficient (Wildman–Crippen LogP) is 3.67. The Balaban J connectivity index is 2.24. The van der Waals surface area contributed by atoms with E-state index in [0.29, 0.717) is 6.04 Å². The van der Waals surface area contributed by atoms with Crippen LogP contribution in [0.4, 0.5) is 5.82 Å². The van der Waals surface area contributed by atoms with Gasteiger partial charge in [-0.25, -0.2) is 4.98 Å². The Morgan fingerprint density at radius 1 is 1.30 bits per heavy atom. The summed E-state index contributed by atoms with van der Waals surface area (Å²) < 4.78 is 0. The molecule has 20 heavy (non-hydrogen) atoms. The van der Waals surface area contributed by atoms with Crippen molar-refractivity contribution in [3.05, 3.63) is 46.3 Å². The van der Waals surface area contributed by atoms with Crippen LogP contribution in [0.3, 0.4) is 0 Å². The molecule has 0 unspecified atom stereocenters. The molecule has 0 atom stereocenters. The molecule has 0 saturated carbocycles. The number of aromatic nitrogens is 1. The first-order chi connectivity index (χ1) is 9.72. The minimum atomic E-state index is 0.423. The van der Waals surface area contributed by atoms with Crippen LogP contribution in [0.15, 0.2) is 35.8 Å². The number of rotatable bonds is 7. The van der Waals surface area contributed by atoms with Gasteiger partial charge in [0.1, 0.15) is 5.82 Å². The number of hydrogen-bond acceptors (Lipinski definition) is 4. The number of nitrogens with zero attached hydrogens (tertiary/aromatic N) is 2. The molecular weight excluding hydrogens is 266 g/mol. The molecule has 1 N–H and O–H groups in total. The molecule has 0 aliphatic carbocycles. The Bertz CT molecular complexity index is 508. The average molecular weight is 289 g/mol. The lowest BCUT2D eigenvalue weighted by Gasteiger charge is -2.29. The molecule has 0 bridgehead atoms. The van der Waals surface area contributed by atoms with Crippen LogP contribution < -0.4 is 10.2 Å². The van der Waals surface area contributed by atoms with Gasteiger partial charge in [0, 0.05) is 29.2 Å². The van der Waals surface area contributed by atoms with Crippen LogP contribution in [0.2, 0.25) is 0 Å². The van der Waals surface area contributed by atoms with Crippen molar-refractivity contribution in [2.24, 2.45) is 0 Å². The van der Waals surface area contributed by atoms with Crippen molar-refractivity contribution in [2.75, 3.05) is 11.4 Å². The second kappa shape index (κ2) is 7.41. The third kappa shape index (κ3) is 3.81. The van der Waals surface area contributed by atoms with Crippen LogP contribution in [-0.2, 0) is 13.1 Å². The lowest BCUT2D eigenvalue weighted by molar-refractivity contribution is 0.660. The van der Waals surface area contributed by atoms with Crippen molar-refractivity contribution in [1.82, 2.24) is 10.3 Å². The van der Waals surface area contributed by atoms with Crippen LogP contribution in [-0.4, -0.2) is 17.6 Å². The van der Waals surface area contributed by atoms with Gasteiger partial charge in [-0.05, 0) is 37.9 Å². The highest BCUT2D eigenvalue weighted by Gasteiger charge is 2.16. The number of anilines is 1. The quantitative estimate of drug-likeness (QED) is 0.843. The van der Waals surface area contributed by atoms with Gasteiger partial charge in [-0.2, -0.15) is 0 Å². The Hall–Kier alpha value is -1.39. The van der Waals surface area contributed by atoms with Crippen LogP contribution in [0.1, 0.15) is 31.2 Å². The topological polar surface area (TPSA) is 28.2 Å². The summed E-state index contributed by atoms with van der Waals surface area (Å²) in [7, 11) is 0. The molecule has 2 aromatic rings. The third-order valence-corrected chi connectivity index (χ3v) is 4.10.